The van der Waals surface area contributed by atoms with E-state index in [1.54, 1.807) is 0 Å². The van der Waals surface area contributed by atoms with Crippen molar-refractivity contribution in [3.8, 4) is 0 Å². The van der Waals surface area contributed by atoms with Crippen LogP contribution in [0.1, 0.15) is 24.8 Å². The van der Waals surface area contributed by atoms with E-state index >= 15 is 0 Å². The highest BCUT2D eigenvalue weighted by atomic mass is 16.5. The Balaban J connectivity index is 1.70. The zero-order chi connectivity index (χ0) is 20.0. The number of carbonyl (C=O) groups is 2. The van der Waals surface area contributed by atoms with E-state index in [-0.39, 0.29) is 24.5 Å². The van der Waals surface area contributed by atoms with Gasteiger partial charge in [0.05, 0.1) is 11.5 Å². The molecule has 0 unspecified atom stereocenters. The number of fused-ring (bicyclic) bond motifs is 1. The van der Waals surface area contributed by atoms with E-state index in [2.05, 4.69) is 17.3 Å². The van der Waals surface area contributed by atoms with Crippen LogP contribution in [0, 0.1) is 5.41 Å². The quantitative estimate of drug-likeness (QED) is 0.811. The zero-order valence-corrected chi connectivity index (χ0v) is 16.9. The van der Waals surface area contributed by atoms with Crippen molar-refractivity contribution in [2.75, 3.05) is 46.9 Å². The highest BCUT2D eigenvalue weighted by Gasteiger charge is 2.53. The van der Waals surface area contributed by atoms with E-state index in [0.717, 1.165) is 37.9 Å². The summed E-state index contributed by atoms with van der Waals surface area (Å²) in [6, 6.07) is 9.94. The lowest BCUT2D eigenvalue weighted by Crippen LogP contribution is -2.66. The third-order valence-electron chi connectivity index (χ3n) is 5.99. The Bertz CT molecular complexity index is 706. The predicted octanol–water partition coefficient (Wildman–Crippen LogP) is 1.78. The first-order valence-electron chi connectivity index (χ1n) is 10.0. The number of piperidine rings is 2. The number of amides is 2. The molecule has 2 aliphatic heterocycles. The third-order valence-corrected chi connectivity index (χ3v) is 5.99. The average Bonchev–Trinajstić information content (AvgIpc) is 2.71. The molecule has 2 heterocycles. The summed E-state index contributed by atoms with van der Waals surface area (Å²) in [5.41, 5.74) is 0.607. The van der Waals surface area contributed by atoms with Crippen LogP contribution in [0.15, 0.2) is 36.4 Å². The van der Waals surface area contributed by atoms with Crippen LogP contribution < -0.4 is 5.32 Å². The van der Waals surface area contributed by atoms with E-state index in [0.29, 0.717) is 13.1 Å². The predicted molar refractivity (Wildman–Crippen MR) is 110 cm³/mol. The van der Waals surface area contributed by atoms with Crippen LogP contribution in [0.2, 0.25) is 0 Å². The van der Waals surface area contributed by atoms with Crippen molar-refractivity contribution < 1.29 is 14.3 Å². The lowest BCUT2D eigenvalue weighted by molar-refractivity contribution is -0.156. The highest BCUT2D eigenvalue weighted by Crippen LogP contribution is 2.42. The molecule has 2 atom stereocenters. The second-order valence-electron chi connectivity index (χ2n) is 7.83. The summed E-state index contributed by atoms with van der Waals surface area (Å²) in [6.45, 7) is 2.85. The van der Waals surface area contributed by atoms with Crippen LogP contribution in [0.25, 0.3) is 6.08 Å². The number of hydrogen-bond acceptors (Lipinski definition) is 4. The molecule has 28 heavy (non-hydrogen) atoms. The number of carbonyl (C=O) groups excluding carboxylic acids is 2. The fraction of sp³-hybridized carbons (Fsp3) is 0.545. The summed E-state index contributed by atoms with van der Waals surface area (Å²) in [5.74, 6) is 0.0434. The number of methoxy groups -OCH3 is 1. The van der Waals surface area contributed by atoms with Crippen molar-refractivity contribution in [3.05, 3.63) is 42.0 Å². The number of likely N-dealkylation sites (tertiary alicyclic amines) is 2. The number of likely N-dealkylation sites (N-methyl/N-ethyl adjacent to an activating group) is 1. The van der Waals surface area contributed by atoms with Gasteiger partial charge in [-0.15, -0.1) is 0 Å². The normalized spacial score (nSPS) is 25.5. The SMILES string of the molecule is COCC(=O)N1CCC[C@@]2(C(=O)NCC=Cc3ccccc3)CCN(C)C[C@H]12. The van der Waals surface area contributed by atoms with Gasteiger partial charge in [-0.1, -0.05) is 42.5 Å². The van der Waals surface area contributed by atoms with Gasteiger partial charge in [0.25, 0.3) is 0 Å². The number of rotatable bonds is 6. The molecule has 6 heteroatoms. The molecular weight excluding hydrogens is 354 g/mol. The van der Waals surface area contributed by atoms with E-state index in [1.807, 2.05) is 47.4 Å². The molecule has 0 spiro atoms. The molecule has 1 N–H and O–H groups in total. The molecule has 0 aromatic heterocycles. The number of nitrogens with zero attached hydrogens (tertiary/aromatic N) is 2. The fourth-order valence-corrected chi connectivity index (χ4v) is 4.50. The summed E-state index contributed by atoms with van der Waals surface area (Å²) < 4.78 is 5.06. The fourth-order valence-electron chi connectivity index (χ4n) is 4.50. The molecule has 2 amide bonds. The summed E-state index contributed by atoms with van der Waals surface area (Å²) in [4.78, 5) is 29.9. The summed E-state index contributed by atoms with van der Waals surface area (Å²) in [6.07, 6.45) is 6.45. The van der Waals surface area contributed by atoms with Crippen molar-refractivity contribution >= 4 is 17.9 Å². The maximum atomic E-state index is 13.3. The first-order valence-corrected chi connectivity index (χ1v) is 10.0. The topological polar surface area (TPSA) is 61.9 Å². The van der Waals surface area contributed by atoms with Gasteiger partial charge in [-0.05, 0) is 38.4 Å². The molecule has 2 aliphatic rings. The Morgan fingerprint density at radius 3 is 2.79 bits per heavy atom. The van der Waals surface area contributed by atoms with Gasteiger partial charge in [0.15, 0.2) is 0 Å². The maximum absolute atomic E-state index is 13.3. The molecule has 3 rings (SSSR count). The molecule has 2 saturated heterocycles. The second-order valence-corrected chi connectivity index (χ2v) is 7.83. The van der Waals surface area contributed by atoms with E-state index < -0.39 is 5.41 Å². The van der Waals surface area contributed by atoms with Crippen LogP contribution in [0.4, 0.5) is 0 Å². The lowest BCUT2D eigenvalue weighted by atomic mass is 9.67. The molecule has 0 aliphatic carbocycles. The zero-order valence-electron chi connectivity index (χ0n) is 16.9. The number of ether oxygens (including phenoxy) is 1. The van der Waals surface area contributed by atoms with Gasteiger partial charge in [0.2, 0.25) is 11.8 Å². The molecule has 1 aromatic rings. The number of hydrogen-bond donors (Lipinski definition) is 1. The standard InChI is InChI=1S/C22H31N3O3/c1-24-15-12-22(11-7-14-25(19(22)16-24)20(26)17-28-2)21(27)23-13-6-10-18-8-4-3-5-9-18/h3-6,8-10,19H,7,11-17H2,1-2H3,(H,23,27)/t19-,22+/m0/s1. The molecule has 0 radical (unpaired) electrons. The van der Waals surface area contributed by atoms with Gasteiger partial charge in [-0.3, -0.25) is 9.59 Å². The number of nitrogens with one attached hydrogen (secondary N) is 1. The Kier molecular flexibility index (Phi) is 6.86. The minimum Gasteiger partial charge on any atom is -0.375 e. The van der Waals surface area contributed by atoms with Crippen LogP contribution >= 0.6 is 0 Å². The smallest absolute Gasteiger partial charge is 0.248 e. The minimum atomic E-state index is -0.505. The van der Waals surface area contributed by atoms with E-state index in [4.69, 9.17) is 4.74 Å². The first kappa shape index (κ1) is 20.6. The maximum Gasteiger partial charge on any atom is 0.248 e. The Morgan fingerprint density at radius 1 is 1.25 bits per heavy atom. The van der Waals surface area contributed by atoms with Gasteiger partial charge in [0, 0.05) is 26.7 Å². The minimum absolute atomic E-state index is 0.0244. The number of benzene rings is 1. The molecule has 0 saturated carbocycles. The molecule has 6 nitrogen and oxygen atoms in total. The highest BCUT2D eigenvalue weighted by molar-refractivity contribution is 5.86. The van der Waals surface area contributed by atoms with Crippen molar-refractivity contribution in [1.29, 1.82) is 0 Å². The Hall–Kier alpha value is -2.18. The van der Waals surface area contributed by atoms with Gasteiger partial charge >= 0.3 is 0 Å². The second kappa shape index (κ2) is 9.34. The van der Waals surface area contributed by atoms with Crippen molar-refractivity contribution in [1.82, 2.24) is 15.1 Å². The summed E-state index contributed by atoms with van der Waals surface area (Å²) in [5, 5.41) is 3.11. The molecule has 0 bridgehead atoms. The van der Waals surface area contributed by atoms with Crippen molar-refractivity contribution in [2.45, 2.75) is 25.3 Å². The molecular formula is C22H31N3O3. The van der Waals surface area contributed by atoms with Crippen molar-refractivity contribution in [2.24, 2.45) is 5.41 Å². The largest absolute Gasteiger partial charge is 0.375 e. The average molecular weight is 386 g/mol. The van der Waals surface area contributed by atoms with Crippen molar-refractivity contribution in [3.63, 3.8) is 0 Å². The van der Waals surface area contributed by atoms with Gasteiger partial charge < -0.3 is 19.9 Å². The summed E-state index contributed by atoms with van der Waals surface area (Å²) >= 11 is 0. The monoisotopic (exact) mass is 385 g/mol. The van der Waals surface area contributed by atoms with Gasteiger partial charge in [0.1, 0.15) is 6.61 Å². The third kappa shape index (κ3) is 4.45. The van der Waals surface area contributed by atoms with Crippen LogP contribution in [0.5, 0.6) is 0 Å². The summed E-state index contributed by atoms with van der Waals surface area (Å²) in [7, 11) is 3.59. The Labute approximate surface area is 167 Å². The lowest BCUT2D eigenvalue weighted by Gasteiger charge is -2.53. The Morgan fingerprint density at radius 2 is 2.04 bits per heavy atom. The van der Waals surface area contributed by atoms with Crippen LogP contribution in [-0.4, -0.2) is 74.6 Å². The van der Waals surface area contributed by atoms with Crippen LogP contribution in [0.3, 0.4) is 0 Å². The van der Waals surface area contributed by atoms with Gasteiger partial charge in [-0.2, -0.15) is 0 Å². The van der Waals surface area contributed by atoms with E-state index in [1.165, 1.54) is 7.11 Å². The molecule has 2 fully saturated rings. The molecule has 1 aromatic carbocycles. The van der Waals surface area contributed by atoms with Gasteiger partial charge in [-0.25, -0.2) is 0 Å². The van der Waals surface area contributed by atoms with Crippen LogP contribution in [-0.2, 0) is 14.3 Å². The molecule has 152 valence electrons. The van der Waals surface area contributed by atoms with E-state index in [9.17, 15) is 9.59 Å². The first-order chi connectivity index (χ1) is 13.6.